The van der Waals surface area contributed by atoms with Crippen molar-refractivity contribution < 1.29 is 0 Å². The Labute approximate surface area is 39.1 Å². The summed E-state index contributed by atoms with van der Waals surface area (Å²) in [6, 6.07) is 0. The van der Waals surface area contributed by atoms with Crippen molar-refractivity contribution in [3.8, 4) is 0 Å². The molecule has 1 radical (unpaired) electrons. The number of hydrogen-bond donors (Lipinski definition) is 0. The van der Waals surface area contributed by atoms with Gasteiger partial charge in [0, 0.05) is 6.72 Å². The fourth-order valence-corrected chi connectivity index (χ4v) is 0. The van der Waals surface area contributed by atoms with Crippen molar-refractivity contribution >= 4 is 6.72 Å². The largest absolute Gasteiger partial charge is 0.286 e. The van der Waals surface area contributed by atoms with E-state index < -0.39 is 0 Å². The Morgan fingerprint density at radius 3 is 1.50 bits per heavy atom. The van der Waals surface area contributed by atoms with Crippen molar-refractivity contribution in [3.63, 3.8) is 0 Å². The van der Waals surface area contributed by atoms with Gasteiger partial charge in [-0.25, -0.2) is 0 Å². The van der Waals surface area contributed by atoms with Crippen molar-refractivity contribution in [1.82, 2.24) is 0 Å². The van der Waals surface area contributed by atoms with Gasteiger partial charge in [0.2, 0.25) is 0 Å². The molecule has 1 heteroatoms. The molecule has 0 N–H and O–H groups in total. The van der Waals surface area contributed by atoms with Gasteiger partial charge < -0.3 is 0 Å². The summed E-state index contributed by atoms with van der Waals surface area (Å²) in [6.07, 6.45) is 0. The average molecular weight is 84.1 g/mol. The lowest BCUT2D eigenvalue weighted by atomic mass is 10.1. The van der Waals surface area contributed by atoms with Crippen LogP contribution in [-0.2, 0) is 0 Å². The zero-order chi connectivity index (χ0) is 5.21. The van der Waals surface area contributed by atoms with E-state index in [0.717, 1.165) is 0 Å². The Kier molecular flexibility index (Phi) is 1.34. The van der Waals surface area contributed by atoms with Gasteiger partial charge in [0.15, 0.2) is 0 Å². The predicted octanol–water partition coefficient (Wildman–Crippen LogP) is 1.36. The highest BCUT2D eigenvalue weighted by Gasteiger charge is 2.01. The van der Waals surface area contributed by atoms with E-state index in [-0.39, 0.29) is 5.54 Å². The van der Waals surface area contributed by atoms with Gasteiger partial charge in [0.1, 0.15) is 0 Å². The van der Waals surface area contributed by atoms with E-state index in [1.807, 2.05) is 20.8 Å². The normalized spacial score (nSPS) is 11.2. The first-order valence-electron chi connectivity index (χ1n) is 1.98. The maximum Gasteiger partial charge on any atom is 0.0524 e. The molecule has 35 valence electrons. The second-order valence-corrected chi connectivity index (χ2v) is 2.30. The summed E-state index contributed by atoms with van der Waals surface area (Å²) in [5, 5.41) is 0. The smallest absolute Gasteiger partial charge is 0.0524 e. The third kappa shape index (κ3) is 3.67. The highest BCUT2D eigenvalue weighted by atomic mass is 14.8. The van der Waals surface area contributed by atoms with Gasteiger partial charge in [-0.15, -0.1) is 0 Å². The third-order valence-corrected chi connectivity index (χ3v) is 0.387. The van der Waals surface area contributed by atoms with Crippen LogP contribution in [0.2, 0.25) is 0 Å². The molecule has 0 aromatic heterocycles. The van der Waals surface area contributed by atoms with Crippen LogP contribution in [-0.4, -0.2) is 12.3 Å². The molecule has 0 amide bonds. The quantitative estimate of drug-likeness (QED) is 0.393. The molecule has 0 saturated carbocycles. The van der Waals surface area contributed by atoms with Gasteiger partial charge in [-0.05, 0) is 20.8 Å². The van der Waals surface area contributed by atoms with Crippen LogP contribution < -0.4 is 0 Å². The first-order valence-corrected chi connectivity index (χ1v) is 1.98. The zero-order valence-electron chi connectivity index (χ0n) is 4.52. The Morgan fingerprint density at radius 2 is 1.50 bits per heavy atom. The van der Waals surface area contributed by atoms with E-state index in [2.05, 4.69) is 4.99 Å². The van der Waals surface area contributed by atoms with Crippen LogP contribution in [0.15, 0.2) is 4.99 Å². The maximum atomic E-state index is 4.93. The summed E-state index contributed by atoms with van der Waals surface area (Å²) in [6.45, 7) is 10.8. The molecule has 0 spiro atoms. The van der Waals surface area contributed by atoms with Crippen LogP contribution >= 0.6 is 0 Å². The minimum absolute atomic E-state index is 0.0556. The molecule has 0 bridgehead atoms. The van der Waals surface area contributed by atoms with E-state index in [0.29, 0.717) is 0 Å². The van der Waals surface area contributed by atoms with Gasteiger partial charge in [0.05, 0.1) is 5.54 Å². The van der Waals surface area contributed by atoms with Crippen LogP contribution in [0, 0.1) is 0 Å². The summed E-state index contributed by atoms with van der Waals surface area (Å²) < 4.78 is 0. The van der Waals surface area contributed by atoms with Gasteiger partial charge in [0.25, 0.3) is 0 Å². The summed E-state index contributed by atoms with van der Waals surface area (Å²) in [7, 11) is 0. The molecule has 0 aliphatic carbocycles. The van der Waals surface area contributed by atoms with E-state index in [1.165, 1.54) is 0 Å². The second-order valence-electron chi connectivity index (χ2n) is 2.30. The molecule has 0 aliphatic heterocycles. The number of aliphatic imine (C=N–C) groups is 1. The monoisotopic (exact) mass is 84.1 g/mol. The van der Waals surface area contributed by atoms with Crippen molar-refractivity contribution in [2.24, 2.45) is 4.99 Å². The van der Waals surface area contributed by atoms with Gasteiger partial charge in [-0.2, -0.15) is 0 Å². The van der Waals surface area contributed by atoms with E-state index >= 15 is 0 Å². The summed E-state index contributed by atoms with van der Waals surface area (Å²) in [4.78, 5) is 3.52. The third-order valence-electron chi connectivity index (χ3n) is 0.387. The first-order chi connectivity index (χ1) is 2.56. The topological polar surface area (TPSA) is 12.4 Å². The summed E-state index contributed by atoms with van der Waals surface area (Å²) >= 11 is 0. The lowest BCUT2D eigenvalue weighted by molar-refractivity contribution is 0.588. The Bertz CT molecular complexity index is 49.4. The number of nitrogens with zero attached hydrogens (tertiary/aromatic N) is 1. The van der Waals surface area contributed by atoms with Crippen LogP contribution in [0.25, 0.3) is 0 Å². The average Bonchev–Trinajstić information content (AvgIpc) is 1.35. The van der Waals surface area contributed by atoms with Crippen molar-refractivity contribution in [1.29, 1.82) is 0 Å². The number of rotatable bonds is 0. The molecule has 1 nitrogen and oxygen atoms in total. The molecule has 0 aliphatic rings. The Hall–Kier alpha value is -0.330. The fraction of sp³-hybridized carbons (Fsp3) is 0.800. The van der Waals surface area contributed by atoms with Crippen LogP contribution in [0.3, 0.4) is 0 Å². The molecule has 0 heterocycles. The van der Waals surface area contributed by atoms with E-state index in [9.17, 15) is 0 Å². The summed E-state index contributed by atoms with van der Waals surface area (Å²) in [5.41, 5.74) is -0.0556. The van der Waals surface area contributed by atoms with Crippen molar-refractivity contribution in [2.45, 2.75) is 26.3 Å². The Morgan fingerprint density at radius 1 is 1.33 bits per heavy atom. The van der Waals surface area contributed by atoms with Gasteiger partial charge in [-0.3, -0.25) is 4.99 Å². The van der Waals surface area contributed by atoms with E-state index in [1.54, 1.807) is 0 Å². The highest BCUT2D eigenvalue weighted by Crippen LogP contribution is 2.02. The van der Waals surface area contributed by atoms with Crippen LogP contribution in [0.4, 0.5) is 0 Å². The molecule has 0 unspecified atom stereocenters. The highest BCUT2D eigenvalue weighted by molar-refractivity contribution is 5.24. The molecule has 0 atom stereocenters. The minimum atomic E-state index is -0.0556. The molecule has 0 fully saturated rings. The summed E-state index contributed by atoms with van der Waals surface area (Å²) in [5.74, 6) is 0. The molecule has 0 aromatic carbocycles. The molecule has 6 heavy (non-hydrogen) atoms. The fourth-order valence-electron chi connectivity index (χ4n) is 0. The van der Waals surface area contributed by atoms with Gasteiger partial charge in [-0.1, -0.05) is 0 Å². The van der Waals surface area contributed by atoms with Crippen LogP contribution in [0.5, 0.6) is 0 Å². The standard InChI is InChI=1S/C5H10N/c1-5(2,3)6-4/h4H,1-3H3. The SMILES string of the molecule is [CH]=NC(C)(C)C. The number of hydrogen-bond acceptors (Lipinski definition) is 1. The van der Waals surface area contributed by atoms with Crippen molar-refractivity contribution in [3.05, 3.63) is 0 Å². The van der Waals surface area contributed by atoms with E-state index in [4.69, 9.17) is 6.72 Å². The molecule has 0 aromatic rings. The molecule has 0 saturated heterocycles. The van der Waals surface area contributed by atoms with Crippen LogP contribution in [0.1, 0.15) is 20.8 Å². The second kappa shape index (κ2) is 1.41. The van der Waals surface area contributed by atoms with Crippen molar-refractivity contribution in [2.75, 3.05) is 0 Å². The molecular weight excluding hydrogens is 74.1 g/mol. The predicted molar refractivity (Wildman–Crippen MR) is 28.2 cm³/mol. The lowest BCUT2D eigenvalue weighted by Gasteiger charge is -2.07. The van der Waals surface area contributed by atoms with Gasteiger partial charge >= 0.3 is 0 Å². The first kappa shape index (κ1) is 5.67. The zero-order valence-corrected chi connectivity index (χ0v) is 4.52. The lowest BCUT2D eigenvalue weighted by Crippen LogP contribution is -2.07. The minimum Gasteiger partial charge on any atom is -0.286 e. The Balaban J connectivity index is 3.45. The molecule has 0 rings (SSSR count). The maximum absolute atomic E-state index is 4.93. The molecular formula is C5H10N.